The topological polar surface area (TPSA) is 97.2 Å². The molecule has 2 fully saturated rings. The number of nitrogens with zero attached hydrogens (tertiary/aromatic N) is 5. The fourth-order valence-electron chi connectivity index (χ4n) is 4.89. The van der Waals surface area contributed by atoms with Gasteiger partial charge in [0, 0.05) is 30.4 Å². The number of morpholine rings is 1. The first kappa shape index (κ1) is 24.4. The van der Waals surface area contributed by atoms with E-state index in [1.54, 1.807) is 24.3 Å². The number of aromatic nitrogens is 4. The van der Waals surface area contributed by atoms with Crippen LogP contribution in [-0.4, -0.2) is 64.3 Å². The molecule has 196 valence electrons. The first-order chi connectivity index (χ1) is 18.6. The van der Waals surface area contributed by atoms with Crippen molar-refractivity contribution in [3.63, 3.8) is 0 Å². The van der Waals surface area contributed by atoms with Crippen molar-refractivity contribution in [2.45, 2.75) is 25.3 Å². The normalized spacial score (nSPS) is 17.9. The third-order valence-corrected chi connectivity index (χ3v) is 6.84. The van der Waals surface area contributed by atoms with Gasteiger partial charge in [-0.2, -0.15) is 4.98 Å². The molecule has 2 saturated heterocycles. The summed E-state index contributed by atoms with van der Waals surface area (Å²) in [6.07, 6.45) is -1.00. The number of anilines is 2. The van der Waals surface area contributed by atoms with Gasteiger partial charge < -0.3 is 20.3 Å². The number of fused-ring (bicyclic) bond motifs is 1. The Morgan fingerprint density at radius 3 is 2.58 bits per heavy atom. The van der Waals surface area contributed by atoms with Gasteiger partial charge in [-0.3, -0.25) is 9.36 Å². The van der Waals surface area contributed by atoms with E-state index in [0.717, 1.165) is 24.9 Å². The smallest absolute Gasteiger partial charge is 0.296 e. The van der Waals surface area contributed by atoms with Crippen molar-refractivity contribution < 1.29 is 18.3 Å². The molecular weight excluding hydrogens is 492 g/mol. The van der Waals surface area contributed by atoms with Crippen LogP contribution in [0, 0.1) is 0 Å². The summed E-state index contributed by atoms with van der Waals surface area (Å²) in [4.78, 5) is 28.1. The fraction of sp³-hybridized carbons (Fsp3) is 0.333. The number of carbonyl (C=O) groups is 1. The van der Waals surface area contributed by atoms with Crippen molar-refractivity contribution in [2.24, 2.45) is 0 Å². The van der Waals surface area contributed by atoms with Gasteiger partial charge in [0.2, 0.25) is 11.9 Å². The van der Waals surface area contributed by atoms with Gasteiger partial charge in [0.1, 0.15) is 5.82 Å². The second-order valence-electron chi connectivity index (χ2n) is 9.32. The molecule has 1 unspecified atom stereocenters. The van der Waals surface area contributed by atoms with Crippen molar-refractivity contribution in [1.29, 1.82) is 0 Å². The highest BCUT2D eigenvalue weighted by molar-refractivity contribution is 5.95. The van der Waals surface area contributed by atoms with Gasteiger partial charge >= 0.3 is 0 Å². The summed E-state index contributed by atoms with van der Waals surface area (Å²) >= 11 is 0. The summed E-state index contributed by atoms with van der Waals surface area (Å²) < 4.78 is 35.0. The van der Waals surface area contributed by atoms with Crippen LogP contribution in [0.2, 0.25) is 0 Å². The van der Waals surface area contributed by atoms with Gasteiger partial charge in [-0.15, -0.1) is 0 Å². The van der Waals surface area contributed by atoms with Crippen LogP contribution in [0.25, 0.3) is 28.2 Å². The predicted octanol–water partition coefficient (Wildman–Crippen LogP) is 3.95. The third-order valence-electron chi connectivity index (χ3n) is 6.84. The molecule has 0 spiro atoms. The number of hydrogen-bond acceptors (Lipinski definition) is 7. The monoisotopic (exact) mass is 519 g/mol. The van der Waals surface area contributed by atoms with Gasteiger partial charge in [0.15, 0.2) is 5.82 Å². The number of alkyl halides is 2. The van der Waals surface area contributed by atoms with E-state index in [9.17, 15) is 13.6 Å². The van der Waals surface area contributed by atoms with Crippen LogP contribution < -0.4 is 15.5 Å². The summed E-state index contributed by atoms with van der Waals surface area (Å²) in [5.74, 6) is 0.282. The van der Waals surface area contributed by atoms with E-state index in [-0.39, 0.29) is 17.9 Å². The Labute approximate surface area is 217 Å². The summed E-state index contributed by atoms with van der Waals surface area (Å²) in [5, 5.41) is 6.14. The molecule has 0 bridgehead atoms. The van der Waals surface area contributed by atoms with Gasteiger partial charge in [-0.1, -0.05) is 24.3 Å². The van der Waals surface area contributed by atoms with Crippen molar-refractivity contribution in [3.05, 3.63) is 60.4 Å². The van der Waals surface area contributed by atoms with E-state index in [0.29, 0.717) is 54.5 Å². The Hall–Kier alpha value is -3.96. The number of carbonyl (C=O) groups excluding carboxylic acids is 1. The second-order valence-corrected chi connectivity index (χ2v) is 9.32. The predicted molar refractivity (Wildman–Crippen MR) is 140 cm³/mol. The molecule has 4 heterocycles. The van der Waals surface area contributed by atoms with Crippen LogP contribution in [0.15, 0.2) is 54.6 Å². The van der Waals surface area contributed by atoms with Gasteiger partial charge in [0.05, 0.1) is 36.0 Å². The average molecular weight is 520 g/mol. The Morgan fingerprint density at radius 1 is 1.05 bits per heavy atom. The number of benzene rings is 2. The lowest BCUT2D eigenvalue weighted by Gasteiger charge is -2.28. The lowest BCUT2D eigenvalue weighted by Crippen LogP contribution is -2.37. The van der Waals surface area contributed by atoms with E-state index in [1.807, 2.05) is 30.3 Å². The second kappa shape index (κ2) is 10.4. The van der Waals surface area contributed by atoms with Crippen LogP contribution in [0.5, 0.6) is 0 Å². The van der Waals surface area contributed by atoms with Crippen LogP contribution in [0.3, 0.4) is 0 Å². The maximum absolute atomic E-state index is 14.1. The molecule has 1 amide bonds. The van der Waals surface area contributed by atoms with Crippen molar-refractivity contribution >= 4 is 28.4 Å². The Balaban J connectivity index is 1.40. The van der Waals surface area contributed by atoms with Gasteiger partial charge in [-0.25, -0.2) is 18.7 Å². The summed E-state index contributed by atoms with van der Waals surface area (Å²) in [5.41, 5.74) is 2.97. The molecular formula is C27H27F2N7O2. The molecule has 4 aromatic rings. The minimum Gasteiger partial charge on any atom is -0.378 e. The molecule has 38 heavy (non-hydrogen) atoms. The summed E-state index contributed by atoms with van der Waals surface area (Å²) in [7, 11) is 0. The van der Waals surface area contributed by atoms with Crippen LogP contribution in [0.1, 0.15) is 25.1 Å². The van der Waals surface area contributed by atoms with Gasteiger partial charge in [-0.05, 0) is 43.7 Å². The largest absolute Gasteiger partial charge is 0.378 e. The SMILES string of the molecule is O=C(Nc1ccc(-c2cc(N3CCOCC3)nc(-n3c(C(F)F)nc4ccccc43)n2)cc1)C1CCCN1. The van der Waals surface area contributed by atoms with E-state index in [4.69, 9.17) is 14.7 Å². The first-order valence-electron chi connectivity index (χ1n) is 12.7. The third kappa shape index (κ3) is 4.82. The standard InChI is InChI=1S/C27H27F2N7O2/c28-24(29)25-32-19-4-1-2-6-22(19)36(25)27-33-21(16-23(34-27)35-12-14-38-15-13-35)17-7-9-18(10-8-17)31-26(37)20-5-3-11-30-20/h1-2,4,6-10,16,20,24,30H,3,5,11-15H2,(H,31,37). The number of hydrogen-bond donors (Lipinski definition) is 2. The molecule has 2 aromatic heterocycles. The van der Waals surface area contributed by atoms with E-state index >= 15 is 0 Å². The minimum absolute atomic E-state index is 0.0549. The first-order valence-corrected chi connectivity index (χ1v) is 12.7. The molecule has 2 N–H and O–H groups in total. The van der Waals surface area contributed by atoms with Crippen molar-refractivity contribution in [2.75, 3.05) is 43.1 Å². The molecule has 11 heteroatoms. The minimum atomic E-state index is -2.81. The lowest BCUT2D eigenvalue weighted by atomic mass is 10.1. The number of ether oxygens (including phenoxy) is 1. The zero-order chi connectivity index (χ0) is 26.1. The van der Waals surface area contributed by atoms with E-state index in [1.165, 1.54) is 4.57 Å². The van der Waals surface area contributed by atoms with Crippen molar-refractivity contribution in [3.8, 4) is 17.2 Å². The highest BCUT2D eigenvalue weighted by atomic mass is 19.3. The lowest BCUT2D eigenvalue weighted by molar-refractivity contribution is -0.117. The molecule has 2 aliphatic rings. The van der Waals surface area contributed by atoms with Crippen LogP contribution >= 0.6 is 0 Å². The molecule has 2 aliphatic heterocycles. The highest BCUT2D eigenvalue weighted by Gasteiger charge is 2.24. The number of rotatable bonds is 6. The number of halogens is 2. The molecule has 0 saturated carbocycles. The average Bonchev–Trinajstić information content (AvgIpc) is 3.63. The van der Waals surface area contributed by atoms with E-state index < -0.39 is 12.2 Å². The summed E-state index contributed by atoms with van der Waals surface area (Å²) in [6, 6.07) is 16.0. The van der Waals surface area contributed by atoms with Crippen LogP contribution in [-0.2, 0) is 9.53 Å². The van der Waals surface area contributed by atoms with Crippen molar-refractivity contribution in [1.82, 2.24) is 24.8 Å². The molecule has 1 atom stereocenters. The fourth-order valence-corrected chi connectivity index (χ4v) is 4.89. The summed E-state index contributed by atoms with van der Waals surface area (Å²) in [6.45, 7) is 3.20. The Morgan fingerprint density at radius 2 is 1.84 bits per heavy atom. The maximum Gasteiger partial charge on any atom is 0.296 e. The van der Waals surface area contributed by atoms with Crippen LogP contribution in [0.4, 0.5) is 20.3 Å². The molecule has 2 aromatic carbocycles. The molecule has 9 nitrogen and oxygen atoms in total. The number of amides is 1. The zero-order valence-electron chi connectivity index (χ0n) is 20.6. The number of nitrogens with one attached hydrogen (secondary N) is 2. The number of imidazole rings is 1. The number of para-hydroxylation sites is 2. The van der Waals surface area contributed by atoms with E-state index in [2.05, 4.69) is 20.5 Å². The maximum atomic E-state index is 14.1. The quantitative estimate of drug-likeness (QED) is 0.398. The Kier molecular flexibility index (Phi) is 6.69. The van der Waals surface area contributed by atoms with Gasteiger partial charge in [0.25, 0.3) is 6.43 Å². The zero-order valence-corrected chi connectivity index (χ0v) is 20.6. The Bertz CT molecular complexity index is 1450. The molecule has 0 radical (unpaired) electrons. The molecule has 0 aliphatic carbocycles. The highest BCUT2D eigenvalue weighted by Crippen LogP contribution is 2.30. The molecule has 6 rings (SSSR count).